The Morgan fingerprint density at radius 2 is 2.29 bits per heavy atom. The Morgan fingerprint density at radius 3 is 2.79 bits per heavy atom. The molecule has 0 unspecified atom stereocenters. The summed E-state index contributed by atoms with van der Waals surface area (Å²) in [4.78, 5) is 11.3. The van der Waals surface area contributed by atoms with E-state index in [1.165, 1.54) is 0 Å². The molecule has 0 aromatic heterocycles. The van der Waals surface area contributed by atoms with Gasteiger partial charge in [0.05, 0.1) is 7.11 Å². The fourth-order valence-electron chi connectivity index (χ4n) is 1.17. The fourth-order valence-corrected chi connectivity index (χ4v) is 1.17. The molecule has 1 amide bonds. The second-order valence-corrected chi connectivity index (χ2v) is 2.74. The third kappa shape index (κ3) is 1.93. The highest BCUT2D eigenvalue weighted by Crippen LogP contribution is 2.20. The fraction of sp³-hybridized carbons (Fsp3) is 0.182. The number of nitrogens with one attached hydrogen (secondary N) is 1. The van der Waals surface area contributed by atoms with E-state index < -0.39 is 0 Å². The van der Waals surface area contributed by atoms with Crippen LogP contribution >= 0.6 is 0 Å². The standard InChI is InChI=1S/C11H13NO2/c1-4-8-5-6-9(11(13)12-2)7-10(8)14-3/h4-7H,1H2,2-3H3,(H,12,13). The van der Waals surface area contributed by atoms with Gasteiger partial charge in [-0.3, -0.25) is 4.79 Å². The Labute approximate surface area is 83.4 Å². The maximum atomic E-state index is 11.3. The van der Waals surface area contributed by atoms with Crippen LogP contribution in [0.2, 0.25) is 0 Å². The number of amides is 1. The van der Waals surface area contributed by atoms with Crippen molar-refractivity contribution in [2.45, 2.75) is 0 Å². The molecule has 1 aromatic rings. The van der Waals surface area contributed by atoms with Gasteiger partial charge in [0.25, 0.3) is 5.91 Å². The van der Waals surface area contributed by atoms with Gasteiger partial charge in [0, 0.05) is 18.2 Å². The van der Waals surface area contributed by atoms with Crippen LogP contribution < -0.4 is 10.1 Å². The van der Waals surface area contributed by atoms with Crippen LogP contribution in [0.4, 0.5) is 0 Å². The van der Waals surface area contributed by atoms with Crippen molar-refractivity contribution in [2.24, 2.45) is 0 Å². The number of methoxy groups -OCH3 is 1. The van der Waals surface area contributed by atoms with Crippen LogP contribution in [-0.4, -0.2) is 20.1 Å². The topological polar surface area (TPSA) is 38.3 Å². The number of hydrogen-bond acceptors (Lipinski definition) is 2. The summed E-state index contributed by atoms with van der Waals surface area (Å²) in [6.45, 7) is 3.65. The van der Waals surface area contributed by atoms with Gasteiger partial charge in [-0.1, -0.05) is 18.7 Å². The van der Waals surface area contributed by atoms with Gasteiger partial charge in [-0.05, 0) is 12.1 Å². The van der Waals surface area contributed by atoms with Gasteiger partial charge in [0.2, 0.25) is 0 Å². The highest BCUT2D eigenvalue weighted by Gasteiger charge is 2.06. The molecule has 1 aromatic carbocycles. The molecular weight excluding hydrogens is 178 g/mol. The first-order chi connectivity index (χ1) is 6.72. The maximum Gasteiger partial charge on any atom is 0.251 e. The van der Waals surface area contributed by atoms with Crippen molar-refractivity contribution < 1.29 is 9.53 Å². The van der Waals surface area contributed by atoms with E-state index in [1.54, 1.807) is 38.4 Å². The third-order valence-electron chi connectivity index (χ3n) is 1.94. The minimum absolute atomic E-state index is 0.126. The number of hydrogen-bond donors (Lipinski definition) is 1. The van der Waals surface area contributed by atoms with Crippen LogP contribution in [0.3, 0.4) is 0 Å². The third-order valence-corrected chi connectivity index (χ3v) is 1.94. The Hall–Kier alpha value is -1.77. The average molecular weight is 191 g/mol. The van der Waals surface area contributed by atoms with E-state index in [0.717, 1.165) is 5.56 Å². The highest BCUT2D eigenvalue weighted by atomic mass is 16.5. The zero-order valence-electron chi connectivity index (χ0n) is 8.33. The molecule has 0 heterocycles. The molecule has 0 saturated heterocycles. The van der Waals surface area contributed by atoms with E-state index in [2.05, 4.69) is 11.9 Å². The van der Waals surface area contributed by atoms with Gasteiger partial charge < -0.3 is 10.1 Å². The smallest absolute Gasteiger partial charge is 0.251 e. The van der Waals surface area contributed by atoms with E-state index in [1.807, 2.05) is 0 Å². The molecule has 14 heavy (non-hydrogen) atoms. The van der Waals surface area contributed by atoms with E-state index in [9.17, 15) is 4.79 Å². The van der Waals surface area contributed by atoms with Crippen LogP contribution in [0.5, 0.6) is 5.75 Å². The van der Waals surface area contributed by atoms with Crippen LogP contribution in [0.15, 0.2) is 24.8 Å². The maximum absolute atomic E-state index is 11.3. The molecule has 0 saturated carbocycles. The molecule has 0 aliphatic heterocycles. The van der Waals surface area contributed by atoms with Gasteiger partial charge in [0.1, 0.15) is 5.75 Å². The van der Waals surface area contributed by atoms with Crippen LogP contribution in [0.1, 0.15) is 15.9 Å². The van der Waals surface area contributed by atoms with Gasteiger partial charge in [-0.2, -0.15) is 0 Å². The molecule has 3 heteroatoms. The lowest BCUT2D eigenvalue weighted by molar-refractivity contribution is 0.0963. The average Bonchev–Trinajstić information content (AvgIpc) is 2.26. The molecule has 0 atom stereocenters. The lowest BCUT2D eigenvalue weighted by atomic mass is 10.1. The van der Waals surface area contributed by atoms with Crippen molar-refractivity contribution in [3.05, 3.63) is 35.9 Å². The molecule has 74 valence electrons. The quantitative estimate of drug-likeness (QED) is 0.789. The summed E-state index contributed by atoms with van der Waals surface area (Å²) in [5.74, 6) is 0.528. The summed E-state index contributed by atoms with van der Waals surface area (Å²) >= 11 is 0. The minimum atomic E-state index is -0.126. The first-order valence-electron chi connectivity index (χ1n) is 4.25. The van der Waals surface area contributed by atoms with Crippen molar-refractivity contribution in [2.75, 3.05) is 14.2 Å². The molecule has 0 fully saturated rings. The lowest BCUT2D eigenvalue weighted by Crippen LogP contribution is -2.17. The Morgan fingerprint density at radius 1 is 1.57 bits per heavy atom. The van der Waals surface area contributed by atoms with E-state index in [0.29, 0.717) is 11.3 Å². The number of carbonyl (C=O) groups excluding carboxylic acids is 1. The van der Waals surface area contributed by atoms with Crippen molar-refractivity contribution >= 4 is 12.0 Å². The molecule has 0 aliphatic rings. The van der Waals surface area contributed by atoms with Crippen LogP contribution in [0.25, 0.3) is 6.08 Å². The predicted octanol–water partition coefficient (Wildman–Crippen LogP) is 1.70. The summed E-state index contributed by atoms with van der Waals surface area (Å²) in [5.41, 5.74) is 1.45. The van der Waals surface area contributed by atoms with Crippen molar-refractivity contribution in [1.82, 2.24) is 5.32 Å². The minimum Gasteiger partial charge on any atom is -0.496 e. The molecule has 0 radical (unpaired) electrons. The molecule has 0 bridgehead atoms. The van der Waals surface area contributed by atoms with E-state index in [-0.39, 0.29) is 5.91 Å². The molecule has 1 rings (SSSR count). The van der Waals surface area contributed by atoms with Crippen molar-refractivity contribution in [1.29, 1.82) is 0 Å². The highest BCUT2D eigenvalue weighted by molar-refractivity contribution is 5.94. The number of ether oxygens (including phenoxy) is 1. The zero-order valence-corrected chi connectivity index (χ0v) is 8.33. The lowest BCUT2D eigenvalue weighted by Gasteiger charge is -2.06. The number of benzene rings is 1. The Balaban J connectivity index is 3.13. The zero-order chi connectivity index (χ0) is 10.6. The summed E-state index contributed by atoms with van der Waals surface area (Å²) in [7, 11) is 3.16. The Kier molecular flexibility index (Phi) is 3.29. The van der Waals surface area contributed by atoms with Crippen LogP contribution in [-0.2, 0) is 0 Å². The summed E-state index contributed by atoms with van der Waals surface area (Å²) in [5, 5.41) is 2.55. The van der Waals surface area contributed by atoms with E-state index in [4.69, 9.17) is 4.74 Å². The first-order valence-corrected chi connectivity index (χ1v) is 4.25. The molecule has 3 nitrogen and oxygen atoms in total. The monoisotopic (exact) mass is 191 g/mol. The predicted molar refractivity (Wildman–Crippen MR) is 56.5 cm³/mol. The van der Waals surface area contributed by atoms with Gasteiger partial charge in [-0.15, -0.1) is 0 Å². The molecular formula is C11H13NO2. The SMILES string of the molecule is C=Cc1ccc(C(=O)NC)cc1OC. The number of rotatable bonds is 3. The van der Waals surface area contributed by atoms with E-state index >= 15 is 0 Å². The first kappa shape index (κ1) is 10.3. The van der Waals surface area contributed by atoms with Gasteiger partial charge in [0.15, 0.2) is 0 Å². The van der Waals surface area contributed by atoms with Gasteiger partial charge in [-0.25, -0.2) is 0 Å². The second kappa shape index (κ2) is 4.46. The molecule has 0 spiro atoms. The summed E-state index contributed by atoms with van der Waals surface area (Å²) in [6.07, 6.45) is 1.69. The van der Waals surface area contributed by atoms with Crippen LogP contribution in [0, 0.1) is 0 Å². The van der Waals surface area contributed by atoms with Crippen molar-refractivity contribution in [3.8, 4) is 5.75 Å². The van der Waals surface area contributed by atoms with Gasteiger partial charge >= 0.3 is 0 Å². The summed E-state index contributed by atoms with van der Waals surface area (Å²) in [6, 6.07) is 5.23. The second-order valence-electron chi connectivity index (χ2n) is 2.74. The number of carbonyl (C=O) groups is 1. The van der Waals surface area contributed by atoms with Crippen molar-refractivity contribution in [3.63, 3.8) is 0 Å². The molecule has 0 aliphatic carbocycles. The normalized spacial score (nSPS) is 9.29. The largest absolute Gasteiger partial charge is 0.496 e. The Bertz CT molecular complexity index is 358. The molecule has 1 N–H and O–H groups in total. The summed E-state index contributed by atoms with van der Waals surface area (Å²) < 4.78 is 5.12.